The van der Waals surface area contributed by atoms with Crippen molar-refractivity contribution < 1.29 is 4.79 Å². The first-order valence-corrected chi connectivity index (χ1v) is 7.43. The first-order valence-electron chi connectivity index (χ1n) is 6.20. The summed E-state index contributed by atoms with van der Waals surface area (Å²) in [5, 5.41) is 3.37. The summed E-state index contributed by atoms with van der Waals surface area (Å²) in [7, 11) is 0. The summed E-state index contributed by atoms with van der Waals surface area (Å²) >= 11 is 6.35. The molecule has 0 saturated carbocycles. The summed E-state index contributed by atoms with van der Waals surface area (Å²) in [6, 6.07) is 14.6. The number of nitrogens with one attached hydrogen (secondary N) is 1. The summed E-state index contributed by atoms with van der Waals surface area (Å²) < 4.78 is 1.03. The van der Waals surface area contributed by atoms with E-state index in [9.17, 15) is 4.79 Å². The van der Waals surface area contributed by atoms with Gasteiger partial charge in [0.2, 0.25) is 0 Å². The number of rotatable bonds is 3. The molecule has 0 aliphatic heterocycles. The lowest BCUT2D eigenvalue weighted by Gasteiger charge is -2.03. The minimum atomic E-state index is -0.229. The number of hydrogen-bond donors (Lipinski definition) is 2. The molecule has 104 valence electrons. The summed E-state index contributed by atoms with van der Waals surface area (Å²) in [5.41, 5.74) is 7.61. The second-order valence-electron chi connectivity index (χ2n) is 4.39. The van der Waals surface area contributed by atoms with Crippen LogP contribution in [0.3, 0.4) is 0 Å². The Kier molecular flexibility index (Phi) is 3.64. The molecule has 2 aromatic carbocycles. The van der Waals surface area contributed by atoms with Crippen LogP contribution in [-0.4, -0.2) is 15.9 Å². The zero-order valence-electron chi connectivity index (χ0n) is 10.9. The van der Waals surface area contributed by atoms with Crippen LogP contribution in [0.5, 0.6) is 0 Å². The highest BCUT2D eigenvalue weighted by molar-refractivity contribution is 7.80. The van der Waals surface area contributed by atoms with Gasteiger partial charge < -0.3 is 5.73 Å². The number of anilines is 1. The third-order valence-electron chi connectivity index (χ3n) is 2.92. The maximum atomic E-state index is 12.2. The number of nitrogens with zero attached hydrogens (tertiary/aromatic N) is 1. The minimum absolute atomic E-state index is 0.229. The van der Waals surface area contributed by atoms with Gasteiger partial charge in [-0.1, -0.05) is 47.8 Å². The fourth-order valence-electron chi connectivity index (χ4n) is 1.91. The third kappa shape index (κ3) is 2.91. The van der Waals surface area contributed by atoms with Gasteiger partial charge in [0.25, 0.3) is 5.91 Å². The van der Waals surface area contributed by atoms with Crippen molar-refractivity contribution in [2.24, 2.45) is 5.73 Å². The normalized spacial score (nSPS) is 10.5. The van der Waals surface area contributed by atoms with E-state index < -0.39 is 0 Å². The molecule has 1 aromatic heterocycles. The lowest BCUT2D eigenvalue weighted by Crippen LogP contribution is -2.14. The second kappa shape index (κ2) is 5.59. The predicted molar refractivity (Wildman–Crippen MR) is 89.9 cm³/mol. The largest absolute Gasteiger partial charge is 0.389 e. The van der Waals surface area contributed by atoms with E-state index in [1.54, 1.807) is 24.3 Å². The van der Waals surface area contributed by atoms with Crippen LogP contribution in [-0.2, 0) is 0 Å². The Morgan fingerprint density at radius 1 is 1.14 bits per heavy atom. The number of aromatic nitrogens is 1. The lowest BCUT2D eigenvalue weighted by atomic mass is 10.1. The van der Waals surface area contributed by atoms with Gasteiger partial charge in [0.1, 0.15) is 4.99 Å². The first kappa shape index (κ1) is 13.7. The van der Waals surface area contributed by atoms with Crippen LogP contribution >= 0.6 is 23.6 Å². The molecule has 0 fully saturated rings. The quantitative estimate of drug-likeness (QED) is 0.729. The highest BCUT2D eigenvalue weighted by Crippen LogP contribution is 2.25. The van der Waals surface area contributed by atoms with Crippen LogP contribution < -0.4 is 11.1 Å². The highest BCUT2D eigenvalue weighted by Gasteiger charge is 2.10. The van der Waals surface area contributed by atoms with Crippen molar-refractivity contribution in [3.05, 3.63) is 59.7 Å². The smallest absolute Gasteiger partial charge is 0.257 e. The summed E-state index contributed by atoms with van der Waals surface area (Å²) in [4.78, 5) is 16.9. The molecule has 0 bridgehead atoms. The van der Waals surface area contributed by atoms with Gasteiger partial charge in [-0.15, -0.1) is 0 Å². The predicted octanol–water partition coefficient (Wildman–Crippen LogP) is 3.18. The molecule has 3 N–H and O–H groups in total. The highest BCUT2D eigenvalue weighted by atomic mass is 32.1. The van der Waals surface area contributed by atoms with Crippen LogP contribution in [0.15, 0.2) is 48.5 Å². The number of nitrogens with two attached hydrogens (primary N) is 1. The van der Waals surface area contributed by atoms with Crippen molar-refractivity contribution >= 4 is 49.8 Å². The van der Waals surface area contributed by atoms with E-state index in [0.29, 0.717) is 16.3 Å². The van der Waals surface area contributed by atoms with E-state index in [-0.39, 0.29) is 10.9 Å². The van der Waals surface area contributed by atoms with Gasteiger partial charge in [0, 0.05) is 11.1 Å². The van der Waals surface area contributed by atoms with Crippen LogP contribution in [0.25, 0.3) is 10.2 Å². The van der Waals surface area contributed by atoms with E-state index >= 15 is 0 Å². The zero-order chi connectivity index (χ0) is 14.8. The van der Waals surface area contributed by atoms with Crippen LogP contribution in [0.2, 0.25) is 0 Å². The Labute approximate surface area is 130 Å². The number of para-hydroxylation sites is 1. The zero-order valence-corrected chi connectivity index (χ0v) is 12.5. The minimum Gasteiger partial charge on any atom is -0.389 e. The fraction of sp³-hybridized carbons (Fsp3) is 0. The van der Waals surface area contributed by atoms with Gasteiger partial charge in [0.05, 0.1) is 10.2 Å². The van der Waals surface area contributed by atoms with Crippen molar-refractivity contribution in [2.75, 3.05) is 5.32 Å². The van der Waals surface area contributed by atoms with E-state index in [0.717, 1.165) is 10.2 Å². The lowest BCUT2D eigenvalue weighted by molar-refractivity contribution is 0.102. The van der Waals surface area contributed by atoms with Gasteiger partial charge in [-0.2, -0.15) is 0 Å². The molecule has 21 heavy (non-hydrogen) atoms. The first-order chi connectivity index (χ1) is 10.1. The molecule has 0 spiro atoms. The van der Waals surface area contributed by atoms with Gasteiger partial charge in [-0.05, 0) is 24.3 Å². The maximum absolute atomic E-state index is 12.2. The Balaban J connectivity index is 1.85. The van der Waals surface area contributed by atoms with E-state index in [2.05, 4.69) is 10.3 Å². The Morgan fingerprint density at radius 3 is 2.67 bits per heavy atom. The topological polar surface area (TPSA) is 68.0 Å². The van der Waals surface area contributed by atoms with Crippen LogP contribution in [0.1, 0.15) is 15.9 Å². The van der Waals surface area contributed by atoms with E-state index in [1.807, 2.05) is 24.3 Å². The number of fused-ring (bicyclic) bond motifs is 1. The van der Waals surface area contributed by atoms with Gasteiger partial charge in [-0.25, -0.2) is 4.98 Å². The van der Waals surface area contributed by atoms with Crippen molar-refractivity contribution in [3.63, 3.8) is 0 Å². The Hall–Kier alpha value is -2.31. The van der Waals surface area contributed by atoms with Crippen molar-refractivity contribution in [2.45, 2.75) is 0 Å². The SMILES string of the molecule is NC(=S)c1cccc(C(=O)Nc2nc3ccccc3s2)c1. The number of amides is 1. The molecule has 0 radical (unpaired) electrons. The fourth-order valence-corrected chi connectivity index (χ4v) is 2.90. The number of carbonyl (C=O) groups is 1. The number of carbonyl (C=O) groups excluding carboxylic acids is 1. The van der Waals surface area contributed by atoms with Gasteiger partial charge >= 0.3 is 0 Å². The molecule has 3 rings (SSSR count). The molecule has 1 heterocycles. The molecule has 6 heteroatoms. The molecule has 3 aromatic rings. The average Bonchev–Trinajstić information content (AvgIpc) is 2.89. The number of hydrogen-bond acceptors (Lipinski definition) is 4. The third-order valence-corrected chi connectivity index (χ3v) is 4.11. The molecule has 0 aliphatic rings. The molecule has 1 amide bonds. The van der Waals surface area contributed by atoms with E-state index in [4.69, 9.17) is 18.0 Å². The number of thiazole rings is 1. The number of thiocarbonyl (C=S) groups is 1. The van der Waals surface area contributed by atoms with Crippen LogP contribution in [0.4, 0.5) is 5.13 Å². The van der Waals surface area contributed by atoms with Gasteiger partial charge in [0.15, 0.2) is 5.13 Å². The Morgan fingerprint density at radius 2 is 1.90 bits per heavy atom. The van der Waals surface area contributed by atoms with Crippen molar-refractivity contribution in [1.29, 1.82) is 0 Å². The number of benzene rings is 2. The second-order valence-corrected chi connectivity index (χ2v) is 5.86. The molecular formula is C15H11N3OS2. The van der Waals surface area contributed by atoms with Gasteiger partial charge in [-0.3, -0.25) is 10.1 Å². The van der Waals surface area contributed by atoms with Crippen LogP contribution in [0, 0.1) is 0 Å². The molecule has 0 aliphatic carbocycles. The summed E-state index contributed by atoms with van der Waals surface area (Å²) in [6.45, 7) is 0. The average molecular weight is 313 g/mol. The summed E-state index contributed by atoms with van der Waals surface area (Å²) in [5.74, 6) is -0.229. The maximum Gasteiger partial charge on any atom is 0.257 e. The van der Waals surface area contributed by atoms with Crippen molar-refractivity contribution in [1.82, 2.24) is 4.98 Å². The molecule has 0 unspecified atom stereocenters. The van der Waals surface area contributed by atoms with E-state index in [1.165, 1.54) is 11.3 Å². The Bertz CT molecular complexity index is 809. The molecule has 0 saturated heterocycles. The van der Waals surface area contributed by atoms with Crippen molar-refractivity contribution in [3.8, 4) is 0 Å². The molecule has 0 atom stereocenters. The monoisotopic (exact) mass is 313 g/mol. The molecular weight excluding hydrogens is 302 g/mol. The standard InChI is InChI=1S/C15H11N3OS2/c16-13(20)9-4-3-5-10(8-9)14(19)18-15-17-11-6-1-2-7-12(11)21-15/h1-8H,(H2,16,20)(H,17,18,19). The molecule has 4 nitrogen and oxygen atoms in total. The summed E-state index contributed by atoms with van der Waals surface area (Å²) in [6.07, 6.45) is 0.